The molecule has 35 heavy (non-hydrogen) atoms. The molecule has 0 aliphatic rings. The molecule has 0 bridgehead atoms. The van der Waals surface area contributed by atoms with E-state index in [0.29, 0.717) is 23.5 Å². The highest BCUT2D eigenvalue weighted by Crippen LogP contribution is 2.37. The third kappa shape index (κ3) is 5.68. The van der Waals surface area contributed by atoms with E-state index in [2.05, 4.69) is 0 Å². The second-order valence-electron chi connectivity index (χ2n) is 7.61. The van der Waals surface area contributed by atoms with Crippen LogP contribution in [-0.2, 0) is 33.9 Å². The van der Waals surface area contributed by atoms with E-state index in [4.69, 9.17) is 5.11 Å². The lowest BCUT2D eigenvalue weighted by Crippen LogP contribution is -2.18. The quantitative estimate of drug-likeness (QED) is 0.284. The fraction of sp³-hybridized carbons (Fsp3) is 0.0800. The molecule has 0 saturated heterocycles. The van der Waals surface area contributed by atoms with E-state index in [1.807, 2.05) is 18.2 Å². The average Bonchev–Trinajstić information content (AvgIpc) is 3.35. The first-order valence-corrected chi connectivity index (χ1v) is 13.8. The van der Waals surface area contributed by atoms with Crippen LogP contribution in [0.4, 0.5) is 10.7 Å². The van der Waals surface area contributed by atoms with Gasteiger partial charge in [-0.2, -0.15) is 0 Å². The van der Waals surface area contributed by atoms with Gasteiger partial charge in [-0.25, -0.2) is 21.7 Å². The Kier molecular flexibility index (Phi) is 7.46. The summed E-state index contributed by atoms with van der Waals surface area (Å²) in [5, 5.41) is 9.46. The molecule has 2 N–H and O–H groups in total. The number of anilines is 2. The number of carboxylic acid groups (broad SMARTS) is 1. The van der Waals surface area contributed by atoms with Gasteiger partial charge in [-0.15, -0.1) is 11.3 Å². The van der Waals surface area contributed by atoms with Crippen LogP contribution in [0.3, 0.4) is 0 Å². The maximum Gasteiger partial charge on any atom is 0.335 e. The van der Waals surface area contributed by atoms with E-state index < -0.39 is 27.1 Å². The van der Waals surface area contributed by atoms with Gasteiger partial charge >= 0.3 is 5.97 Å². The molecule has 0 fully saturated rings. The highest BCUT2D eigenvalue weighted by Gasteiger charge is 2.24. The van der Waals surface area contributed by atoms with E-state index in [1.54, 1.807) is 48.5 Å². The molecule has 1 unspecified atom stereocenters. The largest absolute Gasteiger partial charge is 0.478 e. The zero-order chi connectivity index (χ0) is 25.0. The Morgan fingerprint density at radius 1 is 0.857 bits per heavy atom. The smallest absolute Gasteiger partial charge is 0.335 e. The van der Waals surface area contributed by atoms with Gasteiger partial charge in [0.1, 0.15) is 9.21 Å². The van der Waals surface area contributed by atoms with Crippen molar-refractivity contribution in [1.82, 2.24) is 0 Å². The number of carbonyl (C=O) groups is 1. The van der Waals surface area contributed by atoms with Gasteiger partial charge in [0.2, 0.25) is 9.84 Å². The number of nitrogens with zero attached hydrogens (tertiary/aromatic N) is 1. The number of carboxylic acids is 1. The van der Waals surface area contributed by atoms with Crippen molar-refractivity contribution in [2.45, 2.75) is 21.9 Å². The molecule has 0 aliphatic carbocycles. The Balaban J connectivity index is 1.52. The summed E-state index contributed by atoms with van der Waals surface area (Å²) in [4.78, 5) is 11.3. The topological polar surface area (TPSA) is 112 Å². The van der Waals surface area contributed by atoms with Crippen LogP contribution < -0.4 is 4.31 Å². The lowest BCUT2D eigenvalue weighted by Gasteiger charge is -2.18. The van der Waals surface area contributed by atoms with Crippen molar-refractivity contribution in [3.63, 3.8) is 0 Å². The molecule has 0 amide bonds. The summed E-state index contributed by atoms with van der Waals surface area (Å²) in [6.07, 6.45) is 1.30. The summed E-state index contributed by atoms with van der Waals surface area (Å²) in [5.41, 5.74) is 2.55. The van der Waals surface area contributed by atoms with Gasteiger partial charge in [0, 0.05) is 0 Å². The van der Waals surface area contributed by atoms with Crippen LogP contribution in [0.15, 0.2) is 100 Å². The number of hydrogen-bond donors (Lipinski definition) is 2. The van der Waals surface area contributed by atoms with E-state index >= 15 is 0 Å². The van der Waals surface area contributed by atoms with Crippen molar-refractivity contribution < 1.29 is 27.1 Å². The summed E-state index contributed by atoms with van der Waals surface area (Å²) >= 11 is -1.50. The van der Waals surface area contributed by atoms with Crippen molar-refractivity contribution >= 4 is 49.1 Å². The van der Waals surface area contributed by atoms with Crippen molar-refractivity contribution in [1.29, 1.82) is 0 Å². The van der Waals surface area contributed by atoms with Crippen molar-refractivity contribution in [3.05, 3.63) is 108 Å². The third-order valence-corrected chi connectivity index (χ3v) is 9.46. The SMILES string of the molecule is O=C(O)c1cccc(CCc2ccc(N(c3ccc(S(=O)(=O)c4ccccc4)s3)S(=O)O)cc2)c1. The van der Waals surface area contributed by atoms with Gasteiger partial charge in [0.25, 0.3) is 11.3 Å². The normalized spacial score (nSPS) is 12.3. The minimum absolute atomic E-state index is 0.0781. The van der Waals surface area contributed by atoms with E-state index in [0.717, 1.165) is 26.8 Å². The number of thiophene rings is 1. The van der Waals surface area contributed by atoms with Crippen molar-refractivity contribution in [2.75, 3.05) is 4.31 Å². The summed E-state index contributed by atoms with van der Waals surface area (Å²) in [7, 11) is -3.73. The third-order valence-electron chi connectivity index (χ3n) is 5.29. The van der Waals surface area contributed by atoms with Gasteiger partial charge in [-0.05, 0) is 72.5 Å². The minimum atomic E-state index is -3.73. The van der Waals surface area contributed by atoms with Crippen LogP contribution in [0, 0.1) is 0 Å². The second-order valence-corrected chi connectivity index (χ2v) is 11.7. The molecule has 4 aromatic rings. The molecule has 1 aromatic heterocycles. The summed E-state index contributed by atoms with van der Waals surface area (Å²) in [6, 6.07) is 24.8. The van der Waals surface area contributed by atoms with Gasteiger partial charge in [-0.3, -0.25) is 4.55 Å². The number of hydrogen-bond acceptors (Lipinski definition) is 5. The van der Waals surface area contributed by atoms with Crippen molar-refractivity contribution in [2.24, 2.45) is 0 Å². The summed E-state index contributed by atoms with van der Waals surface area (Å²) in [5.74, 6) is -0.971. The van der Waals surface area contributed by atoms with Gasteiger partial charge in [0.05, 0.1) is 16.1 Å². The fourth-order valence-electron chi connectivity index (χ4n) is 3.52. The first-order chi connectivity index (χ1) is 16.8. The standard InChI is InChI=1S/C25H21NO6S3/c27-25(28)20-6-4-5-19(17-20)10-9-18-11-13-21(14-12-18)26(34(29)30)23-15-16-24(33-23)35(31,32)22-7-2-1-3-8-22/h1-8,11-17H,9-10H2,(H,27,28)(H,29,30). The number of rotatable bonds is 9. The molecule has 4 rings (SSSR count). The first-order valence-electron chi connectivity index (χ1n) is 10.5. The molecule has 3 aromatic carbocycles. The van der Waals surface area contributed by atoms with E-state index in [1.165, 1.54) is 24.3 Å². The molecule has 180 valence electrons. The van der Waals surface area contributed by atoms with Crippen LogP contribution in [0.5, 0.6) is 0 Å². The molecular weight excluding hydrogens is 506 g/mol. The fourth-order valence-corrected chi connectivity index (χ4v) is 6.99. The molecular formula is C25H21NO6S3. The zero-order valence-electron chi connectivity index (χ0n) is 18.3. The monoisotopic (exact) mass is 527 g/mol. The molecule has 0 saturated carbocycles. The zero-order valence-corrected chi connectivity index (χ0v) is 20.7. The number of benzene rings is 3. The predicted molar refractivity (Wildman–Crippen MR) is 136 cm³/mol. The Morgan fingerprint density at radius 2 is 1.54 bits per heavy atom. The Morgan fingerprint density at radius 3 is 2.20 bits per heavy atom. The summed E-state index contributed by atoms with van der Waals surface area (Å²) < 4.78 is 49.1. The molecule has 1 heterocycles. The van der Waals surface area contributed by atoms with Gasteiger partial charge < -0.3 is 5.11 Å². The molecule has 0 aliphatic heterocycles. The molecule has 1 atom stereocenters. The van der Waals surface area contributed by atoms with Crippen LogP contribution in [0.25, 0.3) is 0 Å². The average molecular weight is 528 g/mol. The van der Waals surface area contributed by atoms with Gasteiger partial charge in [0.15, 0.2) is 0 Å². The molecule has 7 nitrogen and oxygen atoms in total. The lowest BCUT2D eigenvalue weighted by molar-refractivity contribution is 0.0696. The van der Waals surface area contributed by atoms with Crippen LogP contribution in [0.1, 0.15) is 21.5 Å². The molecule has 0 radical (unpaired) electrons. The predicted octanol–water partition coefficient (Wildman–Crippen LogP) is 5.34. The molecule has 0 spiro atoms. The number of aryl methyl sites for hydroxylation is 2. The first kappa shape index (κ1) is 24.8. The van der Waals surface area contributed by atoms with Crippen LogP contribution in [-0.4, -0.2) is 28.3 Å². The minimum Gasteiger partial charge on any atom is -0.478 e. The second kappa shape index (κ2) is 10.5. The molecule has 10 heteroatoms. The highest BCUT2D eigenvalue weighted by atomic mass is 32.2. The van der Waals surface area contributed by atoms with E-state index in [-0.39, 0.29) is 14.7 Å². The summed E-state index contributed by atoms with van der Waals surface area (Å²) in [6.45, 7) is 0. The Hall–Kier alpha value is -3.31. The van der Waals surface area contributed by atoms with Gasteiger partial charge in [-0.1, -0.05) is 42.5 Å². The van der Waals surface area contributed by atoms with Crippen LogP contribution >= 0.6 is 11.3 Å². The lowest BCUT2D eigenvalue weighted by atomic mass is 10.0. The Labute approximate surface area is 209 Å². The van der Waals surface area contributed by atoms with Crippen LogP contribution in [0.2, 0.25) is 0 Å². The van der Waals surface area contributed by atoms with E-state index in [9.17, 15) is 22.0 Å². The Bertz CT molecular complexity index is 1460. The maximum absolute atomic E-state index is 12.9. The highest BCUT2D eigenvalue weighted by molar-refractivity contribution is 7.93. The number of aromatic carboxylic acids is 1. The number of sulfone groups is 1. The van der Waals surface area contributed by atoms with Crippen molar-refractivity contribution in [3.8, 4) is 0 Å². The maximum atomic E-state index is 12.9.